The molecule has 0 atom stereocenters. The number of hydrogen-bond acceptors (Lipinski definition) is 1. The predicted molar refractivity (Wildman–Crippen MR) is 75.7 cm³/mol. The number of alkyl halides is 1. The van der Waals surface area contributed by atoms with Crippen LogP contribution in [0.25, 0.3) is 6.08 Å². The van der Waals surface area contributed by atoms with Gasteiger partial charge in [0.25, 0.3) is 0 Å². The van der Waals surface area contributed by atoms with Gasteiger partial charge in [-0.1, -0.05) is 25.8 Å². The van der Waals surface area contributed by atoms with E-state index < -0.39 is 0 Å². The minimum Gasteiger partial charge on any atom is -0.461 e. The Morgan fingerprint density at radius 2 is 2.12 bits per heavy atom. The molecule has 2 heteroatoms. The van der Waals surface area contributed by atoms with Crippen LogP contribution in [-0.4, -0.2) is 5.88 Å². The van der Waals surface area contributed by atoms with Crippen LogP contribution in [0.5, 0.6) is 0 Å². The summed E-state index contributed by atoms with van der Waals surface area (Å²) in [7, 11) is 0. The molecule has 0 aliphatic rings. The Morgan fingerprint density at radius 1 is 1.29 bits per heavy atom. The first-order chi connectivity index (χ1) is 8.27. The van der Waals surface area contributed by atoms with Crippen LogP contribution in [0.3, 0.4) is 0 Å². The molecule has 0 aliphatic carbocycles. The number of halogens is 1. The number of rotatable bonds is 8. The molecule has 0 unspecified atom stereocenters. The third kappa shape index (κ3) is 5.45. The summed E-state index contributed by atoms with van der Waals surface area (Å²) in [4.78, 5) is 0. The van der Waals surface area contributed by atoms with Crippen molar-refractivity contribution in [3.8, 4) is 0 Å². The fourth-order valence-corrected chi connectivity index (χ4v) is 1.99. The second-order valence-electron chi connectivity index (χ2n) is 4.45. The Hall–Kier alpha value is -0.690. The summed E-state index contributed by atoms with van der Waals surface area (Å²) in [6, 6.07) is 2.13. The summed E-state index contributed by atoms with van der Waals surface area (Å²) in [5.74, 6) is 2.89. The first kappa shape index (κ1) is 14.4. The summed E-state index contributed by atoms with van der Waals surface area (Å²) < 4.78 is 5.82. The molecule has 0 radical (unpaired) electrons. The van der Waals surface area contributed by atoms with E-state index in [1.54, 1.807) is 0 Å². The molecule has 96 valence electrons. The van der Waals surface area contributed by atoms with Crippen molar-refractivity contribution >= 4 is 17.7 Å². The second-order valence-corrected chi connectivity index (χ2v) is 4.82. The molecule has 1 aromatic rings. The van der Waals surface area contributed by atoms with Crippen LogP contribution < -0.4 is 0 Å². The van der Waals surface area contributed by atoms with Crippen LogP contribution in [0.15, 0.2) is 16.6 Å². The van der Waals surface area contributed by atoms with Gasteiger partial charge in [0, 0.05) is 12.3 Å². The van der Waals surface area contributed by atoms with E-state index in [1.165, 1.54) is 24.8 Å². The molecule has 1 aromatic heterocycles. The Kier molecular flexibility index (Phi) is 7.11. The van der Waals surface area contributed by atoms with Crippen LogP contribution in [0.1, 0.15) is 56.1 Å². The molecule has 0 fully saturated rings. The topological polar surface area (TPSA) is 13.1 Å². The quantitative estimate of drug-likeness (QED) is 0.450. The van der Waals surface area contributed by atoms with E-state index in [-0.39, 0.29) is 0 Å². The van der Waals surface area contributed by atoms with Gasteiger partial charge < -0.3 is 4.42 Å². The molecule has 0 aliphatic heterocycles. The van der Waals surface area contributed by atoms with E-state index >= 15 is 0 Å². The zero-order chi connectivity index (χ0) is 12.5. The van der Waals surface area contributed by atoms with Crippen molar-refractivity contribution in [2.75, 3.05) is 5.88 Å². The van der Waals surface area contributed by atoms with Crippen LogP contribution in [0, 0.1) is 6.92 Å². The summed E-state index contributed by atoms with van der Waals surface area (Å²) in [6.07, 6.45) is 11.0. The average Bonchev–Trinajstić information content (AvgIpc) is 2.66. The van der Waals surface area contributed by atoms with Crippen molar-refractivity contribution in [1.82, 2.24) is 0 Å². The minimum absolute atomic E-state index is 0.766. The fourth-order valence-electron chi connectivity index (χ4n) is 1.80. The fraction of sp³-hybridized carbons (Fsp3) is 0.600. The first-order valence-corrected chi connectivity index (χ1v) is 7.13. The average molecular weight is 255 g/mol. The number of furan rings is 1. The monoisotopic (exact) mass is 254 g/mol. The maximum absolute atomic E-state index is 5.82. The number of unbranched alkanes of at least 4 members (excludes halogenated alkanes) is 3. The Balaban J connectivity index is 2.44. The lowest BCUT2D eigenvalue weighted by Gasteiger charge is -1.98. The molecule has 0 aromatic carbocycles. The number of allylic oxidation sites excluding steroid dienone is 1. The highest BCUT2D eigenvalue weighted by Crippen LogP contribution is 2.18. The highest BCUT2D eigenvalue weighted by molar-refractivity contribution is 6.17. The molecule has 0 saturated heterocycles. The summed E-state index contributed by atoms with van der Waals surface area (Å²) in [5.41, 5.74) is 1.27. The van der Waals surface area contributed by atoms with Crippen LogP contribution in [0.2, 0.25) is 0 Å². The van der Waals surface area contributed by atoms with Crippen LogP contribution in [0.4, 0.5) is 0 Å². The third-order valence-electron chi connectivity index (χ3n) is 2.81. The normalized spacial score (nSPS) is 11.5. The molecular weight excluding hydrogens is 232 g/mol. The van der Waals surface area contributed by atoms with E-state index in [0.717, 1.165) is 36.7 Å². The van der Waals surface area contributed by atoms with Gasteiger partial charge in [-0.15, -0.1) is 11.6 Å². The molecule has 0 saturated carbocycles. The Bertz CT molecular complexity index is 339. The van der Waals surface area contributed by atoms with Gasteiger partial charge >= 0.3 is 0 Å². The lowest BCUT2D eigenvalue weighted by Crippen LogP contribution is -1.86. The molecule has 0 amide bonds. The smallest absolute Gasteiger partial charge is 0.127 e. The molecule has 1 heterocycles. The van der Waals surface area contributed by atoms with Gasteiger partial charge in [0.1, 0.15) is 11.5 Å². The number of hydrogen-bond donors (Lipinski definition) is 0. The van der Waals surface area contributed by atoms with E-state index in [2.05, 4.69) is 32.1 Å². The van der Waals surface area contributed by atoms with Gasteiger partial charge in [-0.3, -0.25) is 0 Å². The third-order valence-corrected chi connectivity index (χ3v) is 3.08. The molecule has 0 spiro atoms. The minimum atomic E-state index is 0.766. The maximum atomic E-state index is 5.82. The maximum Gasteiger partial charge on any atom is 0.127 e. The molecule has 1 rings (SSSR count). The molecule has 1 nitrogen and oxygen atoms in total. The zero-order valence-electron chi connectivity index (χ0n) is 11.0. The highest BCUT2D eigenvalue weighted by Gasteiger charge is 2.05. The van der Waals surface area contributed by atoms with Gasteiger partial charge in [-0.2, -0.15) is 0 Å². The second kappa shape index (κ2) is 8.41. The lowest BCUT2D eigenvalue weighted by molar-refractivity contribution is 0.487. The summed E-state index contributed by atoms with van der Waals surface area (Å²) >= 11 is 5.66. The zero-order valence-corrected chi connectivity index (χ0v) is 11.7. The van der Waals surface area contributed by atoms with Crippen molar-refractivity contribution in [3.05, 3.63) is 29.2 Å². The van der Waals surface area contributed by atoms with Gasteiger partial charge in [-0.25, -0.2) is 0 Å². The van der Waals surface area contributed by atoms with Crippen molar-refractivity contribution in [1.29, 1.82) is 0 Å². The summed E-state index contributed by atoms with van der Waals surface area (Å²) in [5, 5.41) is 0. The van der Waals surface area contributed by atoms with E-state index in [0.29, 0.717) is 0 Å². The molecular formula is C15H23ClO. The summed E-state index contributed by atoms with van der Waals surface area (Å²) in [6.45, 7) is 4.30. The van der Waals surface area contributed by atoms with E-state index in [1.807, 2.05) is 0 Å². The van der Waals surface area contributed by atoms with Crippen LogP contribution in [-0.2, 0) is 6.42 Å². The number of aryl methyl sites for hydroxylation is 2. The van der Waals surface area contributed by atoms with Crippen molar-refractivity contribution in [3.63, 3.8) is 0 Å². The SMILES string of the molecule is CCC/C=C\c1cc(C)c(CCCCCCl)o1. The predicted octanol–water partition coefficient (Wildman–Crippen LogP) is 5.35. The van der Waals surface area contributed by atoms with Gasteiger partial charge in [0.15, 0.2) is 0 Å². The van der Waals surface area contributed by atoms with Crippen LogP contribution >= 0.6 is 11.6 Å². The van der Waals surface area contributed by atoms with Gasteiger partial charge in [0.2, 0.25) is 0 Å². The van der Waals surface area contributed by atoms with Crippen molar-refractivity contribution < 1.29 is 4.42 Å². The standard InChI is InChI=1S/C15H23ClO/c1-3-4-6-9-14-12-13(2)15(17-14)10-7-5-8-11-16/h6,9,12H,3-5,7-8,10-11H2,1-2H3/b9-6-. The Labute approximate surface area is 110 Å². The lowest BCUT2D eigenvalue weighted by atomic mass is 10.1. The first-order valence-electron chi connectivity index (χ1n) is 6.59. The van der Waals surface area contributed by atoms with Crippen molar-refractivity contribution in [2.45, 2.75) is 52.4 Å². The highest BCUT2D eigenvalue weighted by atomic mass is 35.5. The van der Waals surface area contributed by atoms with Crippen molar-refractivity contribution in [2.24, 2.45) is 0 Å². The van der Waals surface area contributed by atoms with Gasteiger partial charge in [0.05, 0.1) is 0 Å². The largest absolute Gasteiger partial charge is 0.461 e. The van der Waals surface area contributed by atoms with E-state index in [4.69, 9.17) is 16.0 Å². The van der Waals surface area contributed by atoms with Gasteiger partial charge in [-0.05, 0) is 43.9 Å². The van der Waals surface area contributed by atoms with E-state index in [9.17, 15) is 0 Å². The molecule has 17 heavy (non-hydrogen) atoms. The molecule has 0 N–H and O–H groups in total. The molecule has 0 bridgehead atoms. The Morgan fingerprint density at radius 3 is 2.82 bits per heavy atom.